The Balaban J connectivity index is 1.48. The lowest BCUT2D eigenvalue weighted by atomic mass is 9.59. The molecule has 1 aliphatic heterocycles. The van der Waals surface area contributed by atoms with Gasteiger partial charge in [-0.1, -0.05) is 44.2 Å². The van der Waals surface area contributed by atoms with Gasteiger partial charge in [-0.2, -0.15) is 0 Å². The van der Waals surface area contributed by atoms with E-state index < -0.39 is 0 Å². The van der Waals surface area contributed by atoms with E-state index in [0.29, 0.717) is 17.4 Å². The molecule has 146 valence electrons. The topological polar surface area (TPSA) is 51.2 Å². The average Bonchev–Trinajstić information content (AvgIpc) is 3.21. The SMILES string of the molecule is CC1(C)[C@@H]2C[C@@H]3[C@@H](c4ccccc4)OCCC3(C2)[C@H]1NC(=O)c1cccnc1. The van der Waals surface area contributed by atoms with E-state index in [4.69, 9.17) is 4.74 Å². The van der Waals surface area contributed by atoms with Gasteiger partial charge in [-0.25, -0.2) is 0 Å². The molecule has 3 fully saturated rings. The van der Waals surface area contributed by atoms with Crippen LogP contribution in [0.15, 0.2) is 54.9 Å². The summed E-state index contributed by atoms with van der Waals surface area (Å²) in [5, 5.41) is 3.44. The predicted molar refractivity (Wildman–Crippen MR) is 108 cm³/mol. The fraction of sp³-hybridized carbons (Fsp3) is 0.500. The second-order valence-corrected chi connectivity index (χ2v) is 9.40. The number of aromatic nitrogens is 1. The van der Waals surface area contributed by atoms with Gasteiger partial charge in [0.05, 0.1) is 11.7 Å². The number of nitrogens with one attached hydrogen (secondary N) is 1. The van der Waals surface area contributed by atoms with Crippen molar-refractivity contribution in [3.05, 3.63) is 66.0 Å². The molecule has 1 saturated heterocycles. The van der Waals surface area contributed by atoms with E-state index in [0.717, 1.165) is 13.0 Å². The Morgan fingerprint density at radius 3 is 2.75 bits per heavy atom. The third-order valence-corrected chi connectivity index (χ3v) is 7.83. The van der Waals surface area contributed by atoms with Crippen LogP contribution in [0.2, 0.25) is 0 Å². The molecule has 3 aliphatic rings. The van der Waals surface area contributed by atoms with Gasteiger partial charge < -0.3 is 10.1 Å². The Morgan fingerprint density at radius 2 is 2.00 bits per heavy atom. The molecule has 0 radical (unpaired) electrons. The van der Waals surface area contributed by atoms with E-state index >= 15 is 0 Å². The summed E-state index contributed by atoms with van der Waals surface area (Å²) in [5.41, 5.74) is 2.12. The van der Waals surface area contributed by atoms with E-state index in [9.17, 15) is 4.79 Å². The van der Waals surface area contributed by atoms with Crippen molar-refractivity contribution >= 4 is 5.91 Å². The van der Waals surface area contributed by atoms with Crippen molar-refractivity contribution in [2.45, 2.75) is 45.3 Å². The van der Waals surface area contributed by atoms with Crippen LogP contribution >= 0.6 is 0 Å². The van der Waals surface area contributed by atoms with Crippen LogP contribution in [0, 0.1) is 22.7 Å². The summed E-state index contributed by atoms with van der Waals surface area (Å²) >= 11 is 0. The number of benzene rings is 1. The number of ether oxygens (including phenoxy) is 1. The Kier molecular flexibility index (Phi) is 4.09. The van der Waals surface area contributed by atoms with Crippen LogP contribution in [-0.4, -0.2) is 23.5 Å². The van der Waals surface area contributed by atoms with E-state index in [-0.39, 0.29) is 28.9 Å². The van der Waals surface area contributed by atoms with E-state index in [1.807, 2.05) is 12.1 Å². The Morgan fingerprint density at radius 1 is 1.18 bits per heavy atom. The van der Waals surface area contributed by atoms with Crippen LogP contribution in [0.3, 0.4) is 0 Å². The minimum atomic E-state index is -0.00500. The first-order valence-corrected chi connectivity index (χ1v) is 10.4. The number of rotatable bonds is 3. The van der Waals surface area contributed by atoms with E-state index in [2.05, 4.69) is 54.5 Å². The van der Waals surface area contributed by atoms with Gasteiger partial charge in [-0.05, 0) is 59.6 Å². The highest BCUT2D eigenvalue weighted by molar-refractivity contribution is 5.94. The molecule has 1 spiro atoms. The highest BCUT2D eigenvalue weighted by Crippen LogP contribution is 2.70. The molecule has 4 heteroatoms. The molecule has 4 nitrogen and oxygen atoms in total. The second kappa shape index (κ2) is 6.41. The molecule has 1 amide bonds. The minimum absolute atomic E-state index is 0.00500. The van der Waals surface area contributed by atoms with Gasteiger partial charge in [0, 0.05) is 25.0 Å². The molecule has 1 N–H and O–H groups in total. The number of hydrogen-bond acceptors (Lipinski definition) is 3. The van der Waals surface area contributed by atoms with Crippen LogP contribution in [0.4, 0.5) is 0 Å². The summed E-state index contributed by atoms with van der Waals surface area (Å²) in [4.78, 5) is 17.1. The first-order chi connectivity index (χ1) is 13.5. The van der Waals surface area contributed by atoms with Crippen molar-refractivity contribution in [1.29, 1.82) is 0 Å². The van der Waals surface area contributed by atoms with Gasteiger partial charge in [0.1, 0.15) is 0 Å². The molecule has 2 heterocycles. The lowest BCUT2D eigenvalue weighted by Crippen LogP contribution is -2.58. The molecule has 5 rings (SSSR count). The van der Waals surface area contributed by atoms with Crippen LogP contribution < -0.4 is 5.32 Å². The number of amides is 1. The summed E-state index contributed by atoms with van der Waals surface area (Å²) < 4.78 is 6.31. The Labute approximate surface area is 166 Å². The van der Waals surface area contributed by atoms with Gasteiger partial charge in [-0.3, -0.25) is 9.78 Å². The van der Waals surface area contributed by atoms with Crippen LogP contribution in [0.25, 0.3) is 0 Å². The zero-order valence-electron chi connectivity index (χ0n) is 16.6. The quantitative estimate of drug-likeness (QED) is 0.864. The Hall–Kier alpha value is -2.20. The maximum absolute atomic E-state index is 13.0. The number of carbonyl (C=O) groups is 1. The highest BCUT2D eigenvalue weighted by Gasteiger charge is 2.68. The monoisotopic (exact) mass is 376 g/mol. The third kappa shape index (κ3) is 2.54. The fourth-order valence-corrected chi connectivity index (χ4v) is 6.47. The molecule has 2 aliphatic carbocycles. The van der Waals surface area contributed by atoms with Gasteiger partial charge in [0.15, 0.2) is 0 Å². The zero-order chi connectivity index (χ0) is 19.4. The Bertz CT molecular complexity index is 867. The molecule has 1 aromatic carbocycles. The minimum Gasteiger partial charge on any atom is -0.373 e. The first-order valence-electron chi connectivity index (χ1n) is 10.4. The summed E-state index contributed by atoms with van der Waals surface area (Å²) in [6, 6.07) is 14.4. The number of carbonyl (C=O) groups excluding carboxylic acids is 1. The van der Waals surface area contributed by atoms with Crippen molar-refractivity contribution in [1.82, 2.24) is 10.3 Å². The van der Waals surface area contributed by atoms with Gasteiger partial charge in [0.25, 0.3) is 5.91 Å². The molecule has 2 bridgehead atoms. The average molecular weight is 377 g/mol. The lowest BCUT2D eigenvalue weighted by molar-refractivity contribution is -0.120. The molecule has 1 unspecified atom stereocenters. The molecule has 5 atom stereocenters. The maximum atomic E-state index is 13.0. The van der Waals surface area contributed by atoms with Gasteiger partial charge >= 0.3 is 0 Å². The van der Waals surface area contributed by atoms with Crippen molar-refractivity contribution < 1.29 is 9.53 Å². The second-order valence-electron chi connectivity index (χ2n) is 9.40. The summed E-state index contributed by atoms with van der Waals surface area (Å²) in [5.74, 6) is 1.07. The lowest BCUT2D eigenvalue weighted by Gasteiger charge is -2.53. The van der Waals surface area contributed by atoms with Crippen LogP contribution in [-0.2, 0) is 4.74 Å². The van der Waals surface area contributed by atoms with Crippen molar-refractivity contribution in [3.8, 4) is 0 Å². The standard InChI is InChI=1S/C24H28N2O2/c1-23(2)18-13-19-20(16-7-4-3-5-8-16)28-12-10-24(19,14-18)22(23)26-21(27)17-9-6-11-25-15-17/h3-9,11,15,18-20,22H,10,12-14H2,1-2H3,(H,26,27)/t18-,19-,20-,22+,24?/m1/s1. The maximum Gasteiger partial charge on any atom is 0.253 e. The first kappa shape index (κ1) is 17.9. The highest BCUT2D eigenvalue weighted by atomic mass is 16.5. The molecular weight excluding hydrogens is 348 g/mol. The predicted octanol–water partition coefficient (Wildman–Crippen LogP) is 4.39. The van der Waals surface area contributed by atoms with Crippen LogP contribution in [0.5, 0.6) is 0 Å². The fourth-order valence-electron chi connectivity index (χ4n) is 6.47. The van der Waals surface area contributed by atoms with Crippen molar-refractivity contribution in [2.24, 2.45) is 22.7 Å². The molecule has 2 saturated carbocycles. The third-order valence-electron chi connectivity index (χ3n) is 7.83. The number of pyridine rings is 1. The molecular formula is C24H28N2O2. The smallest absolute Gasteiger partial charge is 0.253 e. The zero-order valence-corrected chi connectivity index (χ0v) is 16.6. The van der Waals surface area contributed by atoms with E-state index in [1.54, 1.807) is 12.4 Å². The van der Waals surface area contributed by atoms with Gasteiger partial charge in [-0.15, -0.1) is 0 Å². The molecule has 28 heavy (non-hydrogen) atoms. The number of hydrogen-bond donors (Lipinski definition) is 1. The summed E-state index contributed by atoms with van der Waals surface area (Å²) in [6.45, 7) is 5.44. The van der Waals surface area contributed by atoms with Gasteiger partial charge in [0.2, 0.25) is 0 Å². The van der Waals surface area contributed by atoms with Crippen LogP contribution in [0.1, 0.15) is 55.1 Å². The number of fused-ring (bicyclic) bond motifs is 1. The number of nitrogens with zero attached hydrogens (tertiary/aromatic N) is 1. The summed E-state index contributed by atoms with van der Waals surface area (Å²) in [6.07, 6.45) is 6.89. The van der Waals surface area contributed by atoms with Crippen molar-refractivity contribution in [2.75, 3.05) is 6.61 Å². The van der Waals surface area contributed by atoms with Crippen molar-refractivity contribution in [3.63, 3.8) is 0 Å². The van der Waals surface area contributed by atoms with E-state index in [1.165, 1.54) is 18.4 Å². The normalized spacial score (nSPS) is 35.4. The molecule has 1 aromatic heterocycles. The molecule has 2 aromatic rings. The largest absolute Gasteiger partial charge is 0.373 e. The summed E-state index contributed by atoms with van der Waals surface area (Å²) in [7, 11) is 0.